The zero-order valence-corrected chi connectivity index (χ0v) is 16.7. The van der Waals surface area contributed by atoms with Gasteiger partial charge in [-0.1, -0.05) is 33.6 Å². The van der Waals surface area contributed by atoms with Crippen molar-refractivity contribution in [3.63, 3.8) is 0 Å². The monoisotopic (exact) mass is 435 g/mol. The highest BCUT2D eigenvalue weighted by molar-refractivity contribution is 9.10. The second-order valence-corrected chi connectivity index (χ2v) is 6.78. The summed E-state index contributed by atoms with van der Waals surface area (Å²) in [4.78, 5) is 23.8. The van der Waals surface area contributed by atoms with E-state index >= 15 is 0 Å². The van der Waals surface area contributed by atoms with Crippen molar-refractivity contribution in [3.05, 3.63) is 63.6 Å². The number of carbonyl (C=O) groups is 2. The molecule has 0 aliphatic heterocycles. The second kappa shape index (κ2) is 9.30. The molecule has 0 aromatic heterocycles. The first-order chi connectivity index (χ1) is 12.3. The molecule has 0 aliphatic carbocycles. The predicted molar refractivity (Wildman–Crippen MR) is 107 cm³/mol. The van der Waals surface area contributed by atoms with Gasteiger partial charge in [-0.15, -0.1) is 0 Å². The van der Waals surface area contributed by atoms with Crippen LogP contribution in [-0.2, 0) is 4.79 Å². The third-order valence-electron chi connectivity index (χ3n) is 3.36. The van der Waals surface area contributed by atoms with E-state index < -0.39 is 5.91 Å². The lowest BCUT2D eigenvalue weighted by molar-refractivity contribution is -0.121. The molecule has 0 radical (unpaired) electrons. The van der Waals surface area contributed by atoms with E-state index in [0.29, 0.717) is 11.3 Å². The van der Waals surface area contributed by atoms with Gasteiger partial charge in [-0.25, -0.2) is 0 Å². The van der Waals surface area contributed by atoms with Gasteiger partial charge >= 0.3 is 0 Å². The smallest absolute Gasteiger partial charge is 0.269 e. The first-order valence-corrected chi connectivity index (χ1v) is 8.91. The standard InChI is InChI=1S/C18H18BrN3O3S/c1-11-3-5-13(6-4-11)17(24)21-22-18(26)20-16(23)10-25-14-7-8-15(19)12(2)9-14/h3-9H,10H2,1-2H3,(H,21,24)(H2,20,22,23,26). The Morgan fingerprint density at radius 2 is 1.77 bits per heavy atom. The minimum Gasteiger partial charge on any atom is -0.484 e. The highest BCUT2D eigenvalue weighted by Crippen LogP contribution is 2.21. The van der Waals surface area contributed by atoms with Crippen LogP contribution in [0.3, 0.4) is 0 Å². The average Bonchev–Trinajstić information content (AvgIpc) is 2.61. The van der Waals surface area contributed by atoms with E-state index in [-0.39, 0.29) is 17.6 Å². The summed E-state index contributed by atoms with van der Waals surface area (Å²) in [6.07, 6.45) is 0. The lowest BCUT2D eigenvalue weighted by atomic mass is 10.1. The van der Waals surface area contributed by atoms with E-state index in [1.54, 1.807) is 18.2 Å². The molecule has 0 bridgehead atoms. The van der Waals surface area contributed by atoms with Crippen LogP contribution in [0.25, 0.3) is 0 Å². The Labute approximate surface area is 165 Å². The fraction of sp³-hybridized carbons (Fsp3) is 0.167. The Morgan fingerprint density at radius 1 is 1.08 bits per heavy atom. The molecule has 0 spiro atoms. The fourth-order valence-corrected chi connectivity index (χ4v) is 2.35. The van der Waals surface area contributed by atoms with Gasteiger partial charge in [-0.3, -0.25) is 25.8 Å². The molecule has 2 amide bonds. The van der Waals surface area contributed by atoms with Crippen LogP contribution in [0.2, 0.25) is 0 Å². The van der Waals surface area contributed by atoms with E-state index in [2.05, 4.69) is 32.1 Å². The van der Waals surface area contributed by atoms with Gasteiger partial charge in [0.15, 0.2) is 11.7 Å². The van der Waals surface area contributed by atoms with Crippen molar-refractivity contribution < 1.29 is 14.3 Å². The minimum absolute atomic E-state index is 0.0222. The number of amides is 2. The molecular formula is C18H18BrN3O3S. The predicted octanol–water partition coefficient (Wildman–Crippen LogP) is 2.78. The number of hydrogen-bond acceptors (Lipinski definition) is 4. The molecule has 0 heterocycles. The molecule has 0 aliphatic rings. The molecule has 0 saturated heterocycles. The van der Waals surface area contributed by atoms with Gasteiger partial charge in [0.25, 0.3) is 11.8 Å². The van der Waals surface area contributed by atoms with Crippen LogP contribution in [-0.4, -0.2) is 23.5 Å². The summed E-state index contributed by atoms with van der Waals surface area (Å²) < 4.78 is 6.37. The van der Waals surface area contributed by atoms with Crippen molar-refractivity contribution in [2.45, 2.75) is 13.8 Å². The summed E-state index contributed by atoms with van der Waals surface area (Å²) in [5, 5.41) is 2.40. The lowest BCUT2D eigenvalue weighted by Gasteiger charge is -2.12. The molecule has 2 aromatic carbocycles. The number of hydrogen-bond donors (Lipinski definition) is 3. The third kappa shape index (κ3) is 6.12. The Balaban J connectivity index is 1.74. The number of halogens is 1. The molecule has 2 aromatic rings. The molecule has 8 heteroatoms. The number of ether oxygens (including phenoxy) is 1. The maximum Gasteiger partial charge on any atom is 0.269 e. The van der Waals surface area contributed by atoms with Crippen molar-refractivity contribution in [1.82, 2.24) is 16.2 Å². The summed E-state index contributed by atoms with van der Waals surface area (Å²) in [6, 6.07) is 12.5. The molecule has 0 unspecified atom stereocenters. The van der Waals surface area contributed by atoms with Crippen LogP contribution < -0.4 is 20.9 Å². The number of nitrogens with one attached hydrogen (secondary N) is 3. The van der Waals surface area contributed by atoms with Gasteiger partial charge in [-0.05, 0) is 62.0 Å². The van der Waals surface area contributed by atoms with Crippen LogP contribution in [0.5, 0.6) is 5.75 Å². The zero-order chi connectivity index (χ0) is 19.1. The Morgan fingerprint density at radius 3 is 2.42 bits per heavy atom. The van der Waals surface area contributed by atoms with E-state index in [1.165, 1.54) is 0 Å². The summed E-state index contributed by atoms with van der Waals surface area (Å²) in [5.41, 5.74) is 7.43. The number of benzene rings is 2. The van der Waals surface area contributed by atoms with Crippen molar-refractivity contribution in [1.29, 1.82) is 0 Å². The summed E-state index contributed by atoms with van der Waals surface area (Å²) >= 11 is 8.37. The lowest BCUT2D eigenvalue weighted by Crippen LogP contribution is -2.49. The molecule has 0 fully saturated rings. The minimum atomic E-state index is -0.437. The van der Waals surface area contributed by atoms with Gasteiger partial charge in [0.1, 0.15) is 5.75 Å². The van der Waals surface area contributed by atoms with E-state index in [9.17, 15) is 9.59 Å². The van der Waals surface area contributed by atoms with Crippen LogP contribution in [0.1, 0.15) is 21.5 Å². The van der Waals surface area contributed by atoms with Crippen molar-refractivity contribution >= 4 is 45.1 Å². The fourth-order valence-electron chi connectivity index (χ4n) is 1.94. The Kier molecular flexibility index (Phi) is 7.11. The molecular weight excluding hydrogens is 418 g/mol. The SMILES string of the molecule is Cc1ccc(C(=O)NNC(=S)NC(=O)COc2ccc(Br)c(C)c2)cc1. The van der Waals surface area contributed by atoms with E-state index in [0.717, 1.165) is 15.6 Å². The molecule has 136 valence electrons. The van der Waals surface area contributed by atoms with Gasteiger partial charge in [0.05, 0.1) is 0 Å². The zero-order valence-electron chi connectivity index (χ0n) is 14.3. The first kappa shape index (κ1) is 19.9. The van der Waals surface area contributed by atoms with Gasteiger partial charge in [-0.2, -0.15) is 0 Å². The van der Waals surface area contributed by atoms with Crippen LogP contribution in [0.15, 0.2) is 46.9 Å². The topological polar surface area (TPSA) is 79.5 Å². The number of carbonyl (C=O) groups excluding carboxylic acids is 2. The van der Waals surface area contributed by atoms with Crippen LogP contribution >= 0.6 is 28.1 Å². The summed E-state index contributed by atoms with van der Waals surface area (Å²) in [5.74, 6) is -0.219. The van der Waals surface area contributed by atoms with Crippen LogP contribution in [0, 0.1) is 13.8 Å². The maximum absolute atomic E-state index is 11.9. The third-order valence-corrected chi connectivity index (χ3v) is 4.45. The van der Waals surface area contributed by atoms with Crippen LogP contribution in [0.4, 0.5) is 0 Å². The summed E-state index contributed by atoms with van der Waals surface area (Å²) in [6.45, 7) is 3.66. The number of rotatable bonds is 4. The number of aryl methyl sites for hydroxylation is 2. The highest BCUT2D eigenvalue weighted by atomic mass is 79.9. The number of hydrazine groups is 1. The molecule has 0 atom stereocenters. The van der Waals surface area contributed by atoms with Crippen molar-refractivity contribution in [2.75, 3.05) is 6.61 Å². The van der Waals surface area contributed by atoms with Gasteiger partial charge in [0, 0.05) is 10.0 Å². The summed E-state index contributed by atoms with van der Waals surface area (Å²) in [7, 11) is 0. The molecule has 6 nitrogen and oxygen atoms in total. The Bertz CT molecular complexity index is 825. The van der Waals surface area contributed by atoms with Gasteiger partial charge in [0.2, 0.25) is 0 Å². The Hall–Kier alpha value is -2.45. The van der Waals surface area contributed by atoms with Crippen molar-refractivity contribution in [3.8, 4) is 5.75 Å². The second-order valence-electron chi connectivity index (χ2n) is 5.52. The number of thiocarbonyl (C=S) groups is 1. The van der Waals surface area contributed by atoms with Gasteiger partial charge < -0.3 is 4.74 Å². The maximum atomic E-state index is 11.9. The molecule has 26 heavy (non-hydrogen) atoms. The largest absolute Gasteiger partial charge is 0.484 e. The molecule has 0 saturated carbocycles. The normalized spacial score (nSPS) is 9.96. The quantitative estimate of drug-likeness (QED) is 0.508. The molecule has 2 rings (SSSR count). The van der Waals surface area contributed by atoms with E-state index in [1.807, 2.05) is 38.1 Å². The highest BCUT2D eigenvalue weighted by Gasteiger charge is 2.09. The van der Waals surface area contributed by atoms with Crippen molar-refractivity contribution in [2.24, 2.45) is 0 Å². The first-order valence-electron chi connectivity index (χ1n) is 7.71. The average molecular weight is 436 g/mol. The molecule has 3 N–H and O–H groups in total. The van der Waals surface area contributed by atoms with E-state index in [4.69, 9.17) is 17.0 Å².